The first kappa shape index (κ1) is 20.5. The molecule has 0 aliphatic rings. The first-order chi connectivity index (χ1) is 16.2. The maximum atomic E-state index is 13.5. The molecule has 1 atom stereocenters. The van der Waals surface area contributed by atoms with Crippen LogP contribution in [0.5, 0.6) is 0 Å². The Balaban J connectivity index is 1.38. The molecule has 0 saturated heterocycles. The van der Waals surface area contributed by atoms with Gasteiger partial charge in [-0.2, -0.15) is 0 Å². The zero-order valence-electron chi connectivity index (χ0n) is 17.6. The van der Waals surface area contributed by atoms with E-state index in [1.54, 1.807) is 30.7 Å². The van der Waals surface area contributed by atoms with Gasteiger partial charge in [0.25, 0.3) is 0 Å². The molecule has 0 bridgehead atoms. The number of carbonyl (C=O) groups is 1. The van der Waals surface area contributed by atoms with E-state index < -0.39 is 0 Å². The standard InChI is InChI=1S/C26H20FN5O/c27-19-11-9-18(10-12-19)24(16-32-17-29-23-7-3-4-8-25(23)32)31-26(33)14-13-20-15-28-21-5-1-2-6-22(21)30-20/h1-15,17,24H,16H2,(H,31,33)/b14-13+. The first-order valence-electron chi connectivity index (χ1n) is 10.5. The van der Waals surface area contributed by atoms with Gasteiger partial charge in [-0.05, 0) is 48.0 Å². The zero-order chi connectivity index (χ0) is 22.6. The van der Waals surface area contributed by atoms with E-state index in [-0.39, 0.29) is 17.8 Å². The van der Waals surface area contributed by atoms with Crippen LogP contribution in [0.1, 0.15) is 17.3 Å². The molecule has 0 fully saturated rings. The Bertz CT molecular complexity index is 1460. The van der Waals surface area contributed by atoms with Crippen molar-refractivity contribution < 1.29 is 9.18 Å². The molecule has 0 aliphatic carbocycles. The fourth-order valence-corrected chi connectivity index (χ4v) is 3.71. The molecule has 2 aromatic heterocycles. The smallest absolute Gasteiger partial charge is 0.244 e. The number of benzene rings is 3. The summed E-state index contributed by atoms with van der Waals surface area (Å²) in [4.78, 5) is 26.1. The molecular formula is C26H20FN5O. The summed E-state index contributed by atoms with van der Waals surface area (Å²) in [6, 6.07) is 21.1. The van der Waals surface area contributed by atoms with Crippen LogP contribution in [-0.4, -0.2) is 25.4 Å². The maximum absolute atomic E-state index is 13.5. The molecule has 2 heterocycles. The predicted octanol–water partition coefficient (Wildman–Crippen LogP) is 4.69. The van der Waals surface area contributed by atoms with Gasteiger partial charge in [0.15, 0.2) is 0 Å². The van der Waals surface area contributed by atoms with Crippen LogP contribution in [0.2, 0.25) is 0 Å². The second kappa shape index (κ2) is 9.00. The van der Waals surface area contributed by atoms with Crippen molar-refractivity contribution >= 4 is 34.1 Å². The number of nitrogens with zero attached hydrogens (tertiary/aromatic N) is 4. The number of amides is 1. The van der Waals surface area contributed by atoms with E-state index >= 15 is 0 Å². The van der Waals surface area contributed by atoms with Crippen molar-refractivity contribution in [2.45, 2.75) is 12.6 Å². The van der Waals surface area contributed by atoms with Gasteiger partial charge >= 0.3 is 0 Å². The third kappa shape index (κ3) is 4.62. The Morgan fingerprint density at radius 2 is 1.67 bits per heavy atom. The van der Waals surface area contributed by atoms with Crippen LogP contribution in [0.25, 0.3) is 28.1 Å². The molecule has 0 saturated carbocycles. The maximum Gasteiger partial charge on any atom is 0.244 e. The van der Waals surface area contributed by atoms with Crippen molar-refractivity contribution in [3.05, 3.63) is 108 Å². The molecule has 1 amide bonds. The third-order valence-electron chi connectivity index (χ3n) is 5.37. The number of hydrogen-bond donors (Lipinski definition) is 1. The summed E-state index contributed by atoms with van der Waals surface area (Å²) in [5.74, 6) is -0.615. The highest BCUT2D eigenvalue weighted by molar-refractivity contribution is 5.92. The second-order valence-electron chi connectivity index (χ2n) is 7.62. The lowest BCUT2D eigenvalue weighted by molar-refractivity contribution is -0.117. The summed E-state index contributed by atoms with van der Waals surface area (Å²) >= 11 is 0. The van der Waals surface area contributed by atoms with Crippen LogP contribution in [0.3, 0.4) is 0 Å². The lowest BCUT2D eigenvalue weighted by atomic mass is 10.1. The fourth-order valence-electron chi connectivity index (χ4n) is 3.71. The number of aromatic nitrogens is 4. The third-order valence-corrected chi connectivity index (χ3v) is 5.37. The number of para-hydroxylation sites is 4. The lowest BCUT2D eigenvalue weighted by Gasteiger charge is -2.19. The van der Waals surface area contributed by atoms with Gasteiger partial charge in [0.2, 0.25) is 5.91 Å². The zero-order valence-corrected chi connectivity index (χ0v) is 17.6. The Labute approximate surface area is 189 Å². The van der Waals surface area contributed by atoms with E-state index in [2.05, 4.69) is 20.3 Å². The highest BCUT2D eigenvalue weighted by Crippen LogP contribution is 2.20. The molecule has 5 rings (SSSR count). The topological polar surface area (TPSA) is 72.7 Å². The molecule has 1 unspecified atom stereocenters. The van der Waals surface area contributed by atoms with Crippen molar-refractivity contribution in [3.8, 4) is 0 Å². The summed E-state index contributed by atoms with van der Waals surface area (Å²) in [6.07, 6.45) is 6.43. The van der Waals surface area contributed by atoms with Crippen molar-refractivity contribution in [3.63, 3.8) is 0 Å². The van der Waals surface area contributed by atoms with E-state index in [0.717, 1.165) is 27.6 Å². The average molecular weight is 437 g/mol. The van der Waals surface area contributed by atoms with Gasteiger partial charge in [-0.1, -0.05) is 36.4 Å². The lowest BCUT2D eigenvalue weighted by Crippen LogP contribution is -2.30. The molecule has 0 aliphatic heterocycles. The molecule has 5 aromatic rings. The van der Waals surface area contributed by atoms with Crippen molar-refractivity contribution in [2.24, 2.45) is 0 Å². The number of rotatable bonds is 6. The minimum Gasteiger partial charge on any atom is -0.344 e. The second-order valence-corrected chi connectivity index (χ2v) is 7.62. The Morgan fingerprint density at radius 3 is 2.48 bits per heavy atom. The van der Waals surface area contributed by atoms with Crippen LogP contribution >= 0.6 is 0 Å². The van der Waals surface area contributed by atoms with Crippen molar-refractivity contribution in [1.82, 2.24) is 24.8 Å². The van der Waals surface area contributed by atoms with Crippen molar-refractivity contribution in [2.75, 3.05) is 0 Å². The Hall–Kier alpha value is -4.39. The van der Waals surface area contributed by atoms with E-state index in [9.17, 15) is 9.18 Å². The van der Waals surface area contributed by atoms with Crippen LogP contribution in [-0.2, 0) is 11.3 Å². The molecule has 33 heavy (non-hydrogen) atoms. The number of halogens is 1. The molecule has 6 nitrogen and oxygen atoms in total. The number of fused-ring (bicyclic) bond motifs is 2. The van der Waals surface area contributed by atoms with E-state index in [1.807, 2.05) is 53.1 Å². The minimum absolute atomic E-state index is 0.288. The summed E-state index contributed by atoms with van der Waals surface area (Å²) in [7, 11) is 0. The van der Waals surface area contributed by atoms with E-state index in [0.29, 0.717) is 12.2 Å². The molecule has 0 radical (unpaired) electrons. The number of nitrogens with one attached hydrogen (secondary N) is 1. The van der Waals surface area contributed by atoms with E-state index in [4.69, 9.17) is 0 Å². The van der Waals surface area contributed by atoms with Crippen LogP contribution in [0.4, 0.5) is 4.39 Å². The monoisotopic (exact) mass is 437 g/mol. The SMILES string of the molecule is O=C(/C=C/c1cnc2ccccc2n1)NC(Cn1cnc2ccccc21)c1ccc(F)cc1. The van der Waals surface area contributed by atoms with Gasteiger partial charge in [-0.3, -0.25) is 9.78 Å². The average Bonchev–Trinajstić information content (AvgIpc) is 3.25. The number of carbonyl (C=O) groups excluding carboxylic acids is 1. The highest BCUT2D eigenvalue weighted by atomic mass is 19.1. The molecule has 1 N–H and O–H groups in total. The van der Waals surface area contributed by atoms with Crippen LogP contribution in [0, 0.1) is 5.82 Å². The van der Waals surface area contributed by atoms with Gasteiger partial charge < -0.3 is 9.88 Å². The number of imidazole rings is 1. The van der Waals surface area contributed by atoms with Gasteiger partial charge in [0, 0.05) is 12.6 Å². The molecule has 7 heteroatoms. The fraction of sp³-hybridized carbons (Fsp3) is 0.0769. The quantitative estimate of drug-likeness (QED) is 0.391. The summed E-state index contributed by atoms with van der Waals surface area (Å²) in [5.41, 5.74) is 4.76. The molecular weight excluding hydrogens is 417 g/mol. The van der Waals surface area contributed by atoms with Gasteiger partial charge in [0.1, 0.15) is 5.82 Å². The summed E-state index contributed by atoms with van der Waals surface area (Å²) in [5, 5.41) is 3.02. The largest absolute Gasteiger partial charge is 0.344 e. The first-order valence-corrected chi connectivity index (χ1v) is 10.5. The normalized spacial score (nSPS) is 12.4. The van der Waals surface area contributed by atoms with Crippen LogP contribution < -0.4 is 5.32 Å². The van der Waals surface area contributed by atoms with Gasteiger partial charge in [0.05, 0.1) is 46.3 Å². The van der Waals surface area contributed by atoms with Crippen LogP contribution in [0.15, 0.2) is 91.4 Å². The molecule has 0 spiro atoms. The predicted molar refractivity (Wildman–Crippen MR) is 126 cm³/mol. The van der Waals surface area contributed by atoms with E-state index in [1.165, 1.54) is 18.2 Å². The molecule has 162 valence electrons. The number of hydrogen-bond acceptors (Lipinski definition) is 4. The molecule has 3 aromatic carbocycles. The summed E-state index contributed by atoms with van der Waals surface area (Å²) < 4.78 is 15.5. The summed E-state index contributed by atoms with van der Waals surface area (Å²) in [6.45, 7) is 0.446. The Morgan fingerprint density at radius 1 is 0.939 bits per heavy atom. The Kier molecular flexibility index (Phi) is 5.59. The minimum atomic E-state index is -0.386. The van der Waals surface area contributed by atoms with Gasteiger partial charge in [-0.25, -0.2) is 14.4 Å². The van der Waals surface area contributed by atoms with Crippen molar-refractivity contribution in [1.29, 1.82) is 0 Å². The van der Waals surface area contributed by atoms with Gasteiger partial charge in [-0.15, -0.1) is 0 Å². The highest BCUT2D eigenvalue weighted by Gasteiger charge is 2.16.